The lowest BCUT2D eigenvalue weighted by atomic mass is 10.2. The van der Waals surface area contributed by atoms with Gasteiger partial charge in [-0.1, -0.05) is 0 Å². The molecule has 0 unspecified atom stereocenters. The first-order chi connectivity index (χ1) is 9.69. The van der Waals surface area contributed by atoms with Gasteiger partial charge in [-0.3, -0.25) is 4.79 Å². The summed E-state index contributed by atoms with van der Waals surface area (Å²) < 4.78 is 4.89. The number of hydrogen-bond acceptors (Lipinski definition) is 4. The smallest absolute Gasteiger partial charge is 0.338 e. The van der Waals surface area contributed by atoms with Crippen LogP contribution in [-0.2, 0) is 9.53 Å². The topological polar surface area (TPSA) is 67.4 Å². The first-order valence-corrected chi connectivity index (χ1v) is 6.96. The van der Waals surface area contributed by atoms with Gasteiger partial charge in [-0.25, -0.2) is 4.79 Å². The van der Waals surface area contributed by atoms with Crippen molar-refractivity contribution in [3.8, 4) is 0 Å². The van der Waals surface area contributed by atoms with Crippen molar-refractivity contribution in [2.75, 3.05) is 25.0 Å². The van der Waals surface area contributed by atoms with Gasteiger partial charge in [0.1, 0.15) is 0 Å². The number of nitrogens with one attached hydrogen (secondary N) is 2. The third kappa shape index (κ3) is 6.14. The van der Waals surface area contributed by atoms with Crippen molar-refractivity contribution in [2.45, 2.75) is 19.8 Å². The molecule has 2 N–H and O–H groups in total. The fourth-order valence-corrected chi connectivity index (χ4v) is 1.82. The van der Waals surface area contributed by atoms with Crippen molar-refractivity contribution in [1.29, 1.82) is 0 Å². The summed E-state index contributed by atoms with van der Waals surface area (Å²) in [5.74, 6) is 0.331. The Balaban J connectivity index is 0.00000220. The van der Waals surface area contributed by atoms with Crippen molar-refractivity contribution in [3.05, 3.63) is 29.8 Å². The van der Waals surface area contributed by atoms with Gasteiger partial charge in [0.15, 0.2) is 0 Å². The molecule has 1 amide bonds. The molecule has 1 aromatic rings. The first kappa shape index (κ1) is 17.5. The van der Waals surface area contributed by atoms with Gasteiger partial charge in [0.25, 0.3) is 0 Å². The molecule has 0 spiro atoms. The number of amides is 1. The highest BCUT2D eigenvalue weighted by molar-refractivity contribution is 5.94. The van der Waals surface area contributed by atoms with Gasteiger partial charge >= 0.3 is 5.97 Å². The largest absolute Gasteiger partial charge is 0.462 e. The number of carbonyl (C=O) groups is 2. The molecule has 21 heavy (non-hydrogen) atoms. The summed E-state index contributed by atoms with van der Waals surface area (Å²) in [6.07, 6.45) is 2.54. The van der Waals surface area contributed by atoms with Crippen molar-refractivity contribution < 1.29 is 14.3 Å². The lowest BCUT2D eigenvalue weighted by Gasteiger charge is -2.07. The van der Waals surface area contributed by atoms with Gasteiger partial charge in [0.2, 0.25) is 5.91 Å². The van der Waals surface area contributed by atoms with Crippen LogP contribution in [0.25, 0.3) is 0 Å². The number of hydrogen-bond donors (Lipinski definition) is 2. The molecule has 0 saturated heterocycles. The summed E-state index contributed by atoms with van der Waals surface area (Å²) in [5.41, 5.74) is 1.16. The fraction of sp³-hybridized carbons (Fsp3) is 0.467. The van der Waals surface area contributed by atoms with E-state index < -0.39 is 0 Å². The minimum atomic E-state index is -0.350. The SMILES string of the molecule is CCOC(=O)c1ccc(NC(=O)CNCC2CC2)cc1.Cl. The van der Waals surface area contributed by atoms with Crippen LogP contribution in [0.15, 0.2) is 24.3 Å². The summed E-state index contributed by atoms with van der Waals surface area (Å²) in [4.78, 5) is 23.1. The lowest BCUT2D eigenvalue weighted by molar-refractivity contribution is -0.115. The monoisotopic (exact) mass is 312 g/mol. The number of rotatable bonds is 7. The van der Waals surface area contributed by atoms with Crippen LogP contribution in [-0.4, -0.2) is 31.6 Å². The molecule has 6 heteroatoms. The molecule has 0 atom stereocenters. The molecule has 1 aliphatic carbocycles. The molecule has 0 radical (unpaired) electrons. The Hall–Kier alpha value is -1.59. The lowest BCUT2D eigenvalue weighted by Crippen LogP contribution is -2.29. The Bertz CT molecular complexity index is 472. The molecule has 1 aliphatic rings. The van der Waals surface area contributed by atoms with Crippen LogP contribution in [0.2, 0.25) is 0 Å². The quantitative estimate of drug-likeness (QED) is 0.758. The molecular weight excluding hydrogens is 292 g/mol. The second-order valence-electron chi connectivity index (χ2n) is 4.92. The summed E-state index contributed by atoms with van der Waals surface area (Å²) in [7, 11) is 0. The second-order valence-corrected chi connectivity index (χ2v) is 4.92. The predicted molar refractivity (Wildman–Crippen MR) is 83.9 cm³/mol. The molecule has 0 aliphatic heterocycles. The van der Waals surface area contributed by atoms with E-state index >= 15 is 0 Å². The van der Waals surface area contributed by atoms with E-state index in [-0.39, 0.29) is 24.3 Å². The van der Waals surface area contributed by atoms with Crippen LogP contribution in [0, 0.1) is 5.92 Å². The average Bonchev–Trinajstić information content (AvgIpc) is 3.24. The fourth-order valence-electron chi connectivity index (χ4n) is 1.82. The van der Waals surface area contributed by atoms with Crippen molar-refractivity contribution in [2.24, 2.45) is 5.92 Å². The van der Waals surface area contributed by atoms with Gasteiger partial charge in [-0.2, -0.15) is 0 Å². The van der Waals surface area contributed by atoms with Crippen LogP contribution < -0.4 is 10.6 Å². The van der Waals surface area contributed by atoms with Gasteiger partial charge in [-0.05, 0) is 56.5 Å². The highest BCUT2D eigenvalue weighted by Crippen LogP contribution is 2.27. The van der Waals surface area contributed by atoms with Crippen molar-refractivity contribution in [1.82, 2.24) is 5.32 Å². The standard InChI is InChI=1S/C15H20N2O3.ClH/c1-2-20-15(19)12-5-7-13(8-6-12)17-14(18)10-16-9-11-3-4-11;/h5-8,11,16H,2-4,9-10H2,1H3,(H,17,18);1H. The summed E-state index contributed by atoms with van der Waals surface area (Å²) in [5, 5.41) is 5.91. The minimum absolute atomic E-state index is 0. The zero-order valence-corrected chi connectivity index (χ0v) is 12.9. The van der Waals surface area contributed by atoms with Gasteiger partial charge < -0.3 is 15.4 Å². The zero-order chi connectivity index (χ0) is 14.4. The molecule has 116 valence electrons. The van der Waals surface area contributed by atoms with Crippen molar-refractivity contribution in [3.63, 3.8) is 0 Å². The summed E-state index contributed by atoms with van der Waals surface area (Å²) >= 11 is 0. The number of benzene rings is 1. The number of carbonyl (C=O) groups excluding carboxylic acids is 2. The third-order valence-electron chi connectivity index (χ3n) is 3.10. The average molecular weight is 313 g/mol. The summed E-state index contributed by atoms with van der Waals surface area (Å²) in [6, 6.07) is 6.69. The van der Waals surface area contributed by atoms with E-state index in [0.29, 0.717) is 24.4 Å². The molecule has 2 rings (SSSR count). The molecule has 0 aromatic heterocycles. The molecule has 1 fully saturated rings. The Labute approximate surface area is 130 Å². The zero-order valence-electron chi connectivity index (χ0n) is 12.1. The van der Waals surface area contributed by atoms with Gasteiger partial charge in [0.05, 0.1) is 18.7 Å². The minimum Gasteiger partial charge on any atom is -0.462 e. The van der Waals surface area contributed by atoms with Crippen LogP contribution in [0.5, 0.6) is 0 Å². The third-order valence-corrected chi connectivity index (χ3v) is 3.10. The number of anilines is 1. The van der Waals surface area contributed by atoms with Crippen molar-refractivity contribution >= 4 is 30.0 Å². The molecule has 1 aromatic carbocycles. The Morgan fingerprint density at radius 1 is 1.24 bits per heavy atom. The number of halogens is 1. The Kier molecular flexibility index (Phi) is 7.19. The molecule has 0 bridgehead atoms. The van der Waals surface area contributed by atoms with Crippen LogP contribution in [0.1, 0.15) is 30.1 Å². The highest BCUT2D eigenvalue weighted by Gasteiger charge is 2.20. The first-order valence-electron chi connectivity index (χ1n) is 6.96. The van der Waals surface area contributed by atoms with E-state index in [1.54, 1.807) is 31.2 Å². The molecular formula is C15H21ClN2O3. The second kappa shape index (κ2) is 8.64. The van der Waals surface area contributed by atoms with E-state index in [2.05, 4.69) is 10.6 Å². The Morgan fingerprint density at radius 3 is 2.48 bits per heavy atom. The highest BCUT2D eigenvalue weighted by atomic mass is 35.5. The number of ether oxygens (including phenoxy) is 1. The molecule has 1 saturated carbocycles. The van der Waals surface area contributed by atoms with Crippen LogP contribution in [0.4, 0.5) is 5.69 Å². The van der Waals surface area contributed by atoms with Crippen LogP contribution >= 0.6 is 12.4 Å². The number of esters is 1. The maximum absolute atomic E-state index is 11.7. The maximum Gasteiger partial charge on any atom is 0.338 e. The van der Waals surface area contributed by atoms with E-state index in [1.807, 2.05) is 0 Å². The van der Waals surface area contributed by atoms with E-state index in [0.717, 1.165) is 12.5 Å². The maximum atomic E-state index is 11.7. The molecule has 5 nitrogen and oxygen atoms in total. The Morgan fingerprint density at radius 2 is 1.90 bits per heavy atom. The molecule has 0 heterocycles. The summed E-state index contributed by atoms with van der Waals surface area (Å²) in [6.45, 7) is 3.34. The van der Waals surface area contributed by atoms with E-state index in [4.69, 9.17) is 4.74 Å². The van der Waals surface area contributed by atoms with E-state index in [1.165, 1.54) is 12.8 Å². The van der Waals surface area contributed by atoms with Gasteiger partial charge in [-0.15, -0.1) is 12.4 Å². The predicted octanol–water partition coefficient (Wildman–Crippen LogP) is 2.22. The normalized spacial score (nSPS) is 13.2. The van der Waals surface area contributed by atoms with E-state index in [9.17, 15) is 9.59 Å². The van der Waals surface area contributed by atoms with Gasteiger partial charge in [0, 0.05) is 5.69 Å². The van der Waals surface area contributed by atoms with Crippen LogP contribution in [0.3, 0.4) is 0 Å².